The Bertz CT molecular complexity index is 588. The summed E-state index contributed by atoms with van der Waals surface area (Å²) in [5.41, 5.74) is 1.11. The molecule has 2 fully saturated rings. The number of benzene rings is 1. The first-order valence-electron chi connectivity index (χ1n) is 8.57. The number of rotatable bonds is 4. The van der Waals surface area contributed by atoms with Crippen LogP contribution in [0.4, 0.5) is 4.79 Å². The van der Waals surface area contributed by atoms with Crippen molar-refractivity contribution in [3.63, 3.8) is 0 Å². The molecular formula is C18H25N3O3. The lowest BCUT2D eigenvalue weighted by molar-refractivity contribution is -0.130. The summed E-state index contributed by atoms with van der Waals surface area (Å²) in [5.74, 6) is -0.277. The Morgan fingerprint density at radius 1 is 1.21 bits per heavy atom. The molecule has 3 amide bonds. The van der Waals surface area contributed by atoms with Gasteiger partial charge in [-0.25, -0.2) is 4.79 Å². The van der Waals surface area contributed by atoms with Crippen LogP contribution in [-0.2, 0) is 9.53 Å². The molecule has 0 radical (unpaired) electrons. The molecule has 130 valence electrons. The maximum atomic E-state index is 12.2. The molecule has 2 N–H and O–H groups in total. The van der Waals surface area contributed by atoms with E-state index in [1.54, 1.807) is 0 Å². The number of carbonyl (C=O) groups is 2. The fourth-order valence-electron chi connectivity index (χ4n) is 3.15. The Hall–Kier alpha value is -1.92. The zero-order valence-electron chi connectivity index (χ0n) is 14.2. The molecule has 1 saturated heterocycles. The van der Waals surface area contributed by atoms with E-state index in [-0.39, 0.29) is 36.7 Å². The van der Waals surface area contributed by atoms with Gasteiger partial charge in [-0.3, -0.25) is 15.0 Å². The Labute approximate surface area is 142 Å². The smallest absolute Gasteiger partial charge is 0.321 e. The van der Waals surface area contributed by atoms with Crippen molar-refractivity contribution in [2.75, 3.05) is 13.2 Å². The number of amides is 3. The van der Waals surface area contributed by atoms with Crippen molar-refractivity contribution in [2.45, 2.75) is 50.9 Å². The van der Waals surface area contributed by atoms with Crippen LogP contribution in [0, 0.1) is 0 Å². The van der Waals surface area contributed by atoms with Gasteiger partial charge in [0.05, 0.1) is 19.3 Å². The van der Waals surface area contributed by atoms with E-state index in [1.807, 2.05) is 37.3 Å². The molecule has 2 aliphatic rings. The summed E-state index contributed by atoms with van der Waals surface area (Å²) in [5, 5.41) is 5.19. The van der Waals surface area contributed by atoms with E-state index in [1.165, 1.54) is 0 Å². The van der Waals surface area contributed by atoms with Gasteiger partial charge in [0.15, 0.2) is 0 Å². The molecule has 1 aliphatic heterocycles. The third-order valence-corrected chi connectivity index (χ3v) is 4.66. The second kappa shape index (κ2) is 7.32. The van der Waals surface area contributed by atoms with Crippen LogP contribution in [-0.4, -0.2) is 48.1 Å². The second-order valence-corrected chi connectivity index (χ2v) is 6.72. The highest BCUT2D eigenvalue weighted by Gasteiger charge is 2.35. The minimum Gasteiger partial charge on any atom is -0.370 e. The fraction of sp³-hybridized carbons (Fsp3) is 0.556. The molecule has 1 heterocycles. The third-order valence-electron chi connectivity index (χ3n) is 4.66. The van der Waals surface area contributed by atoms with E-state index in [2.05, 4.69) is 22.5 Å². The summed E-state index contributed by atoms with van der Waals surface area (Å²) < 4.78 is 5.99. The van der Waals surface area contributed by atoms with Crippen LogP contribution < -0.4 is 10.6 Å². The average molecular weight is 331 g/mol. The molecule has 1 aromatic carbocycles. The van der Waals surface area contributed by atoms with Gasteiger partial charge in [0.1, 0.15) is 0 Å². The van der Waals surface area contributed by atoms with Crippen LogP contribution in [0.15, 0.2) is 30.3 Å². The van der Waals surface area contributed by atoms with Crippen LogP contribution >= 0.6 is 0 Å². The highest BCUT2D eigenvalue weighted by atomic mass is 16.5. The summed E-state index contributed by atoms with van der Waals surface area (Å²) in [6.07, 6.45) is 1.92. The summed E-state index contributed by atoms with van der Waals surface area (Å²) in [6, 6.07) is 10.0. The number of hydrogen-bond acceptors (Lipinski definition) is 4. The fourth-order valence-corrected chi connectivity index (χ4v) is 3.15. The van der Waals surface area contributed by atoms with Crippen LogP contribution in [0.5, 0.6) is 0 Å². The van der Waals surface area contributed by atoms with Gasteiger partial charge in [-0.2, -0.15) is 0 Å². The highest BCUT2D eigenvalue weighted by molar-refractivity contribution is 5.95. The van der Waals surface area contributed by atoms with Crippen molar-refractivity contribution in [3.8, 4) is 0 Å². The van der Waals surface area contributed by atoms with Gasteiger partial charge in [0, 0.05) is 18.1 Å². The van der Waals surface area contributed by atoms with E-state index < -0.39 is 6.03 Å². The molecule has 3 atom stereocenters. The van der Waals surface area contributed by atoms with Crippen LogP contribution in [0.2, 0.25) is 0 Å². The van der Waals surface area contributed by atoms with Gasteiger partial charge in [0.25, 0.3) is 0 Å². The van der Waals surface area contributed by atoms with Crippen molar-refractivity contribution in [1.29, 1.82) is 0 Å². The average Bonchev–Trinajstić information content (AvgIpc) is 3.36. The van der Waals surface area contributed by atoms with Gasteiger partial charge in [0.2, 0.25) is 5.91 Å². The molecule has 6 nitrogen and oxygen atoms in total. The van der Waals surface area contributed by atoms with Crippen LogP contribution in [0.3, 0.4) is 0 Å². The molecule has 6 heteroatoms. The lowest BCUT2D eigenvalue weighted by Crippen LogP contribution is -2.55. The Morgan fingerprint density at radius 2 is 1.92 bits per heavy atom. The van der Waals surface area contributed by atoms with Crippen molar-refractivity contribution in [2.24, 2.45) is 0 Å². The zero-order valence-corrected chi connectivity index (χ0v) is 14.2. The molecular weight excluding hydrogens is 306 g/mol. The van der Waals surface area contributed by atoms with Crippen LogP contribution in [0.1, 0.15) is 38.4 Å². The molecule has 3 rings (SSSR count). The first kappa shape index (κ1) is 16.9. The lowest BCUT2D eigenvalue weighted by Gasteiger charge is -2.43. The third kappa shape index (κ3) is 4.13. The molecule has 1 aliphatic carbocycles. The summed E-state index contributed by atoms with van der Waals surface area (Å²) >= 11 is 0. The molecule has 0 bridgehead atoms. The zero-order chi connectivity index (χ0) is 17.1. The van der Waals surface area contributed by atoms with Gasteiger partial charge in [-0.15, -0.1) is 0 Å². The standard InChI is InChI=1S/C18H25N3O3/c1-12-11-24-17(14-6-4-3-5-7-14)13(2)21(12)10-16(22)20-18(23)19-15-8-9-15/h3-7,12-13,15,17H,8-11H2,1-2H3,(H2,19,20,22,23)/t12-,13-,17+/m1/s1. The van der Waals surface area contributed by atoms with Crippen molar-refractivity contribution < 1.29 is 14.3 Å². The number of carbonyl (C=O) groups excluding carboxylic acids is 2. The first-order chi connectivity index (χ1) is 11.5. The predicted molar refractivity (Wildman–Crippen MR) is 90.5 cm³/mol. The number of hydrogen-bond donors (Lipinski definition) is 2. The quantitative estimate of drug-likeness (QED) is 0.883. The molecule has 24 heavy (non-hydrogen) atoms. The summed E-state index contributed by atoms with van der Waals surface area (Å²) in [4.78, 5) is 26.0. The van der Waals surface area contributed by atoms with Crippen molar-refractivity contribution in [3.05, 3.63) is 35.9 Å². The largest absolute Gasteiger partial charge is 0.370 e. The van der Waals surface area contributed by atoms with Gasteiger partial charge < -0.3 is 10.1 Å². The van der Waals surface area contributed by atoms with Gasteiger partial charge in [-0.05, 0) is 32.3 Å². The van der Waals surface area contributed by atoms with E-state index in [0.717, 1.165) is 18.4 Å². The maximum Gasteiger partial charge on any atom is 0.321 e. The van der Waals surface area contributed by atoms with Gasteiger partial charge >= 0.3 is 6.03 Å². The SMILES string of the molecule is C[C@@H]1CO[C@H](c2ccccc2)[C@@H](C)N1CC(=O)NC(=O)NC1CC1. The van der Waals surface area contributed by atoms with Crippen LogP contribution in [0.25, 0.3) is 0 Å². The first-order valence-corrected chi connectivity index (χ1v) is 8.57. The Balaban J connectivity index is 1.60. The number of nitrogens with one attached hydrogen (secondary N) is 2. The minimum absolute atomic E-state index is 0.0494. The summed E-state index contributed by atoms with van der Waals surface area (Å²) in [6.45, 7) is 4.85. The number of morpholine rings is 1. The molecule has 0 unspecified atom stereocenters. The second-order valence-electron chi connectivity index (χ2n) is 6.72. The highest BCUT2D eigenvalue weighted by Crippen LogP contribution is 2.30. The van der Waals surface area contributed by atoms with E-state index in [4.69, 9.17) is 4.74 Å². The number of urea groups is 1. The monoisotopic (exact) mass is 331 g/mol. The summed E-state index contributed by atoms with van der Waals surface area (Å²) in [7, 11) is 0. The molecule has 1 saturated carbocycles. The maximum absolute atomic E-state index is 12.2. The topological polar surface area (TPSA) is 70.7 Å². The van der Waals surface area contributed by atoms with E-state index in [9.17, 15) is 9.59 Å². The normalized spacial score (nSPS) is 27.5. The van der Waals surface area contributed by atoms with Crippen molar-refractivity contribution in [1.82, 2.24) is 15.5 Å². The lowest BCUT2D eigenvalue weighted by atomic mass is 9.98. The molecule has 0 spiro atoms. The van der Waals surface area contributed by atoms with Gasteiger partial charge in [-0.1, -0.05) is 30.3 Å². The Kier molecular flexibility index (Phi) is 5.16. The Morgan fingerprint density at radius 3 is 2.58 bits per heavy atom. The van der Waals surface area contributed by atoms with E-state index >= 15 is 0 Å². The molecule has 0 aromatic heterocycles. The number of ether oxygens (including phenoxy) is 1. The van der Waals surface area contributed by atoms with Crippen molar-refractivity contribution >= 4 is 11.9 Å². The number of nitrogens with zero attached hydrogens (tertiary/aromatic N) is 1. The predicted octanol–water partition coefficient (Wildman–Crippen LogP) is 1.83. The van der Waals surface area contributed by atoms with E-state index in [0.29, 0.717) is 6.61 Å². The minimum atomic E-state index is -0.393. The number of imide groups is 1. The molecule has 1 aromatic rings.